The molecule has 0 radical (unpaired) electrons. The maximum atomic E-state index is 6.32. The van der Waals surface area contributed by atoms with Gasteiger partial charge in [0.15, 0.2) is 0 Å². The Balaban J connectivity index is 5.59. The fourth-order valence-electron chi connectivity index (χ4n) is 1.95. The first-order valence-corrected chi connectivity index (χ1v) is 7.25. The van der Waals surface area contributed by atoms with Crippen molar-refractivity contribution < 1.29 is 0 Å². The molecule has 1 atom stereocenters. The van der Waals surface area contributed by atoms with Gasteiger partial charge in [-0.1, -0.05) is 52.0 Å². The second-order valence-electron chi connectivity index (χ2n) is 6.03. The van der Waals surface area contributed by atoms with E-state index in [-0.39, 0.29) is 11.3 Å². The van der Waals surface area contributed by atoms with E-state index in [1.165, 1.54) is 5.57 Å². The standard InChI is InChI=1S/C17H28ClN/c1-9-14(16(18)10-2)13(5)15(17(6,7)8)11-19-12(3)4/h10-11,14H,5,9H2,1-4,6-8H3/b15-11+,16-10+. The number of nitrogens with zero attached hydrogens (tertiary/aromatic N) is 1. The highest BCUT2D eigenvalue weighted by Gasteiger charge is 2.25. The van der Waals surface area contributed by atoms with Gasteiger partial charge >= 0.3 is 0 Å². The van der Waals surface area contributed by atoms with Crippen LogP contribution in [0.2, 0.25) is 0 Å². The minimum atomic E-state index is 0.00830. The first-order valence-electron chi connectivity index (χ1n) is 6.87. The number of hydrogen-bond acceptors (Lipinski definition) is 1. The molecule has 19 heavy (non-hydrogen) atoms. The molecule has 0 aromatic rings. The highest BCUT2D eigenvalue weighted by molar-refractivity contribution is 6.30. The van der Waals surface area contributed by atoms with Crippen LogP contribution in [0.5, 0.6) is 0 Å². The first-order chi connectivity index (χ1) is 8.65. The minimum absolute atomic E-state index is 0.00830. The van der Waals surface area contributed by atoms with E-state index in [0.29, 0.717) is 0 Å². The van der Waals surface area contributed by atoms with Crippen LogP contribution in [-0.2, 0) is 0 Å². The van der Waals surface area contributed by atoms with Crippen molar-refractivity contribution in [2.24, 2.45) is 16.3 Å². The van der Waals surface area contributed by atoms with Crippen LogP contribution in [0.3, 0.4) is 0 Å². The largest absolute Gasteiger partial charge is 0.266 e. The van der Waals surface area contributed by atoms with Gasteiger partial charge in [-0.3, -0.25) is 4.99 Å². The van der Waals surface area contributed by atoms with E-state index in [9.17, 15) is 0 Å². The van der Waals surface area contributed by atoms with E-state index < -0.39 is 0 Å². The van der Waals surface area contributed by atoms with Crippen molar-refractivity contribution in [1.29, 1.82) is 0 Å². The maximum Gasteiger partial charge on any atom is 0.0307 e. The summed E-state index contributed by atoms with van der Waals surface area (Å²) in [6.07, 6.45) is 4.85. The van der Waals surface area contributed by atoms with Crippen molar-refractivity contribution in [2.45, 2.75) is 54.9 Å². The van der Waals surface area contributed by atoms with Gasteiger partial charge in [-0.15, -0.1) is 0 Å². The topological polar surface area (TPSA) is 12.4 Å². The van der Waals surface area contributed by atoms with E-state index in [1.54, 1.807) is 0 Å². The molecule has 0 saturated heterocycles. The minimum Gasteiger partial charge on any atom is -0.266 e. The molecule has 0 fully saturated rings. The van der Waals surface area contributed by atoms with Crippen LogP contribution in [0.25, 0.3) is 0 Å². The molecule has 0 rings (SSSR count). The number of aliphatic imine (C=N–C) groups is 1. The second-order valence-corrected chi connectivity index (χ2v) is 6.47. The summed E-state index contributed by atoms with van der Waals surface area (Å²) in [5.74, 6) is 0.185. The molecular weight excluding hydrogens is 254 g/mol. The van der Waals surface area contributed by atoms with Crippen LogP contribution < -0.4 is 0 Å². The van der Waals surface area contributed by atoms with E-state index in [1.807, 2.05) is 33.0 Å². The molecule has 1 unspecified atom stereocenters. The lowest BCUT2D eigenvalue weighted by Crippen LogP contribution is -2.16. The van der Waals surface area contributed by atoms with E-state index in [2.05, 4.69) is 39.3 Å². The van der Waals surface area contributed by atoms with E-state index in [0.717, 1.165) is 22.7 Å². The van der Waals surface area contributed by atoms with Gasteiger partial charge in [0, 0.05) is 22.9 Å². The molecular formula is C17H28ClN. The van der Waals surface area contributed by atoms with Gasteiger partial charge in [-0.25, -0.2) is 0 Å². The lowest BCUT2D eigenvalue weighted by molar-refractivity contribution is 0.495. The number of hydrogen-bond donors (Lipinski definition) is 0. The molecule has 2 heteroatoms. The SMILES string of the molecule is C=C(/C(=C\N=C(C)C)C(C)(C)C)C(CC)/C(Cl)=C\C. The Hall–Kier alpha value is -0.820. The maximum absolute atomic E-state index is 6.32. The smallest absolute Gasteiger partial charge is 0.0307 e. The fraction of sp³-hybridized carbons (Fsp3) is 0.588. The summed E-state index contributed by atoms with van der Waals surface area (Å²) in [5, 5.41) is 0.861. The zero-order chi connectivity index (χ0) is 15.2. The monoisotopic (exact) mass is 281 g/mol. The molecule has 0 bridgehead atoms. The molecule has 1 nitrogen and oxygen atoms in total. The van der Waals surface area contributed by atoms with Gasteiger partial charge in [0.2, 0.25) is 0 Å². The molecule has 108 valence electrons. The van der Waals surface area contributed by atoms with Crippen LogP contribution in [0.4, 0.5) is 0 Å². The highest BCUT2D eigenvalue weighted by Crippen LogP contribution is 2.38. The molecule has 0 aromatic heterocycles. The summed E-state index contributed by atoms with van der Waals surface area (Å²) < 4.78 is 0. The Kier molecular flexibility index (Phi) is 7.36. The van der Waals surface area contributed by atoms with Gasteiger partial charge in [-0.05, 0) is 43.8 Å². The van der Waals surface area contributed by atoms with Gasteiger partial charge in [0.1, 0.15) is 0 Å². The van der Waals surface area contributed by atoms with E-state index >= 15 is 0 Å². The third-order valence-corrected chi connectivity index (χ3v) is 3.52. The zero-order valence-electron chi connectivity index (χ0n) is 13.5. The quantitative estimate of drug-likeness (QED) is 0.425. The van der Waals surface area contributed by atoms with E-state index in [4.69, 9.17) is 11.6 Å². The third kappa shape index (κ3) is 5.78. The molecule has 0 spiro atoms. The molecule has 0 aliphatic rings. The van der Waals surface area contributed by atoms with Gasteiger partial charge in [0.25, 0.3) is 0 Å². The average molecular weight is 282 g/mol. The Morgan fingerprint density at radius 3 is 2.16 bits per heavy atom. The summed E-state index contributed by atoms with van der Waals surface area (Å²) >= 11 is 6.32. The van der Waals surface area contributed by atoms with Crippen molar-refractivity contribution in [1.82, 2.24) is 0 Å². The molecule has 0 aliphatic heterocycles. The van der Waals surface area contributed by atoms with Crippen LogP contribution >= 0.6 is 11.6 Å². The lowest BCUT2D eigenvalue weighted by atomic mass is 9.78. The van der Waals surface area contributed by atoms with Crippen molar-refractivity contribution in [2.75, 3.05) is 0 Å². The second kappa shape index (κ2) is 7.69. The van der Waals surface area contributed by atoms with Crippen LogP contribution in [0.1, 0.15) is 54.9 Å². The summed E-state index contributed by atoms with van der Waals surface area (Å²) in [6, 6.07) is 0. The number of halogens is 1. The Labute approximate surface area is 124 Å². The van der Waals surface area contributed by atoms with Crippen molar-refractivity contribution in [3.8, 4) is 0 Å². The predicted molar refractivity (Wildman–Crippen MR) is 88.9 cm³/mol. The summed E-state index contributed by atoms with van der Waals surface area (Å²) in [7, 11) is 0. The first kappa shape index (κ1) is 18.2. The Morgan fingerprint density at radius 1 is 1.32 bits per heavy atom. The molecule has 0 heterocycles. The molecule has 0 aromatic carbocycles. The van der Waals surface area contributed by atoms with Gasteiger partial charge in [-0.2, -0.15) is 0 Å². The lowest BCUT2D eigenvalue weighted by Gasteiger charge is -2.28. The summed E-state index contributed by atoms with van der Waals surface area (Å²) in [6.45, 7) is 18.9. The summed E-state index contributed by atoms with van der Waals surface area (Å²) in [5.41, 5.74) is 3.29. The normalized spacial score (nSPS) is 15.2. The van der Waals surface area contributed by atoms with Crippen molar-refractivity contribution >= 4 is 17.3 Å². The van der Waals surface area contributed by atoms with Gasteiger partial charge < -0.3 is 0 Å². The Bertz CT molecular complexity index is 401. The van der Waals surface area contributed by atoms with Crippen molar-refractivity contribution in [3.63, 3.8) is 0 Å². The van der Waals surface area contributed by atoms with Crippen LogP contribution in [0.15, 0.2) is 40.0 Å². The van der Waals surface area contributed by atoms with Crippen LogP contribution in [0, 0.1) is 11.3 Å². The van der Waals surface area contributed by atoms with Crippen LogP contribution in [-0.4, -0.2) is 5.71 Å². The fourth-order valence-corrected chi connectivity index (χ4v) is 2.23. The summed E-state index contributed by atoms with van der Waals surface area (Å²) in [4.78, 5) is 4.45. The van der Waals surface area contributed by atoms with Crippen molar-refractivity contribution in [3.05, 3.63) is 35.0 Å². The van der Waals surface area contributed by atoms with Gasteiger partial charge in [0.05, 0.1) is 0 Å². The predicted octanol–water partition coefficient (Wildman–Crippen LogP) is 6.12. The average Bonchev–Trinajstić information content (AvgIpc) is 2.27. The molecule has 0 amide bonds. The number of allylic oxidation sites excluding steroid dienone is 4. The zero-order valence-corrected chi connectivity index (χ0v) is 14.2. The molecule has 0 N–H and O–H groups in total. The molecule has 0 aliphatic carbocycles. The molecule has 0 saturated carbocycles. The number of rotatable bonds is 5. The Morgan fingerprint density at radius 2 is 1.84 bits per heavy atom. The highest BCUT2D eigenvalue weighted by atomic mass is 35.5. The third-order valence-electron chi connectivity index (χ3n) is 3.04.